The van der Waals surface area contributed by atoms with Gasteiger partial charge in [-0.25, -0.2) is 4.79 Å². The number of allylic oxidation sites excluding steroid dienone is 1. The van der Waals surface area contributed by atoms with Gasteiger partial charge in [-0.1, -0.05) is 78.9 Å². The molecule has 1 fully saturated rings. The number of carbonyl (C=O) groups is 1. The van der Waals surface area contributed by atoms with E-state index in [1.807, 2.05) is 61.1 Å². The summed E-state index contributed by atoms with van der Waals surface area (Å²) in [4.78, 5) is 13.9. The molecule has 0 amide bonds. The fraction of sp³-hybridized carbons (Fsp3) is 0.348. The molecular weight excluding hydrogens is 707 g/mol. The van der Waals surface area contributed by atoms with Crippen molar-refractivity contribution in [2.24, 2.45) is 7.05 Å². The number of esters is 1. The van der Waals surface area contributed by atoms with Crippen molar-refractivity contribution in [1.29, 1.82) is 0 Å². The van der Waals surface area contributed by atoms with Crippen LogP contribution < -0.4 is 9.47 Å². The summed E-state index contributed by atoms with van der Waals surface area (Å²) < 4.78 is 40.3. The third kappa shape index (κ3) is 7.32. The van der Waals surface area contributed by atoms with Gasteiger partial charge in [0.05, 0.1) is 43.2 Å². The summed E-state index contributed by atoms with van der Waals surface area (Å²) >= 11 is 0. The van der Waals surface area contributed by atoms with E-state index in [4.69, 9.17) is 33.5 Å². The fourth-order valence-electron chi connectivity index (χ4n) is 8.29. The van der Waals surface area contributed by atoms with Crippen LogP contribution in [0.2, 0.25) is 0 Å². The number of nitrogens with zero attached hydrogens (tertiary/aromatic N) is 3. The van der Waals surface area contributed by atoms with E-state index < -0.39 is 0 Å². The highest BCUT2D eigenvalue weighted by Gasteiger charge is 2.34. The Morgan fingerprint density at radius 1 is 0.893 bits per heavy atom. The van der Waals surface area contributed by atoms with E-state index in [-0.39, 0.29) is 24.8 Å². The second kappa shape index (κ2) is 16.8. The number of ether oxygens (including phenoxy) is 6. The van der Waals surface area contributed by atoms with Gasteiger partial charge in [-0.05, 0) is 54.5 Å². The molecule has 0 N–H and O–H groups in total. The maximum absolute atomic E-state index is 13.9. The van der Waals surface area contributed by atoms with Gasteiger partial charge in [-0.15, -0.1) is 0 Å². The zero-order valence-electron chi connectivity index (χ0n) is 32.4. The van der Waals surface area contributed by atoms with E-state index in [1.165, 1.54) is 0 Å². The molecule has 0 unspecified atom stereocenters. The van der Waals surface area contributed by atoms with E-state index in [0.717, 1.165) is 79.7 Å². The zero-order valence-corrected chi connectivity index (χ0v) is 32.4. The maximum Gasteiger partial charge on any atom is 0.355 e. The Bertz CT molecular complexity index is 2350. The molecule has 56 heavy (non-hydrogen) atoms. The molecule has 10 heteroatoms. The van der Waals surface area contributed by atoms with Crippen LogP contribution in [0.15, 0.2) is 97.1 Å². The highest BCUT2D eigenvalue weighted by Crippen LogP contribution is 2.40. The Balaban J connectivity index is 1.14. The standard InChI is InChI=1S/C46H49N3O7/c1-4-54-45(50)44-37(17-11-27-55-41-18-9-13-32-12-5-6-14-35(32)41)36-15-10-16-38-42-39(47-48(2)40(42)31-53-26-8-7-25-49(44)43(36)38)30-56-34-21-19-33(20-22-34)46(51-3)23-28-52-29-24-46/h5-10,12-16,18-22H,4,11,17,23-31H2,1-3H3/b8-7-. The van der Waals surface area contributed by atoms with Gasteiger partial charge in [0.25, 0.3) is 0 Å². The van der Waals surface area contributed by atoms with Gasteiger partial charge in [0, 0.05) is 68.7 Å². The molecule has 0 radical (unpaired) electrons. The Labute approximate surface area is 327 Å². The summed E-state index contributed by atoms with van der Waals surface area (Å²) in [5.41, 5.74) is 6.85. The summed E-state index contributed by atoms with van der Waals surface area (Å²) in [6.07, 6.45) is 7.02. The first kappa shape index (κ1) is 37.5. The number of carbonyl (C=O) groups excluding carboxylic acids is 1. The first-order chi connectivity index (χ1) is 27.5. The predicted molar refractivity (Wildman–Crippen MR) is 216 cm³/mol. The number of benzene rings is 4. The molecule has 2 aliphatic heterocycles. The number of methoxy groups -OCH3 is 1. The second-order valence-electron chi connectivity index (χ2n) is 14.3. The van der Waals surface area contributed by atoms with Crippen molar-refractivity contribution >= 4 is 27.6 Å². The van der Waals surface area contributed by atoms with Gasteiger partial charge in [-0.2, -0.15) is 5.10 Å². The van der Waals surface area contributed by atoms with Crippen molar-refractivity contribution < 1.29 is 33.2 Å². The lowest BCUT2D eigenvalue weighted by atomic mass is 9.86. The molecule has 0 atom stereocenters. The van der Waals surface area contributed by atoms with Crippen molar-refractivity contribution in [3.63, 3.8) is 0 Å². The number of rotatable bonds is 12. The van der Waals surface area contributed by atoms with Crippen molar-refractivity contribution in [2.75, 3.05) is 40.1 Å². The normalized spacial score (nSPS) is 15.9. The van der Waals surface area contributed by atoms with Gasteiger partial charge in [-0.3, -0.25) is 4.68 Å². The first-order valence-electron chi connectivity index (χ1n) is 19.6. The van der Waals surface area contributed by atoms with Crippen LogP contribution in [0.4, 0.5) is 0 Å². The lowest BCUT2D eigenvalue weighted by Gasteiger charge is -2.36. The molecule has 2 aliphatic rings. The number of aryl methyl sites for hydroxylation is 2. The Morgan fingerprint density at radius 2 is 1.68 bits per heavy atom. The number of hydrogen-bond donors (Lipinski definition) is 0. The lowest BCUT2D eigenvalue weighted by molar-refractivity contribution is -0.0948. The van der Waals surface area contributed by atoms with Crippen LogP contribution in [-0.2, 0) is 57.8 Å². The number of fused-ring (bicyclic) bond motifs is 3. The molecule has 6 aromatic rings. The van der Waals surface area contributed by atoms with Crippen LogP contribution in [-0.4, -0.2) is 60.5 Å². The number of para-hydroxylation sites is 1. The Kier molecular flexibility index (Phi) is 11.2. The molecule has 8 rings (SSSR count). The Hall–Kier alpha value is -5.42. The minimum Gasteiger partial charge on any atom is -0.493 e. The van der Waals surface area contributed by atoms with E-state index in [0.29, 0.717) is 58.1 Å². The first-order valence-corrected chi connectivity index (χ1v) is 19.6. The molecule has 0 spiro atoms. The van der Waals surface area contributed by atoms with Gasteiger partial charge in [0.15, 0.2) is 0 Å². The molecule has 290 valence electrons. The van der Waals surface area contributed by atoms with Crippen molar-refractivity contribution in [3.05, 3.63) is 125 Å². The lowest BCUT2D eigenvalue weighted by Crippen LogP contribution is -2.35. The highest BCUT2D eigenvalue weighted by molar-refractivity contribution is 6.05. The molecule has 1 saturated heterocycles. The summed E-state index contributed by atoms with van der Waals surface area (Å²) in [6.45, 7) is 5.46. The van der Waals surface area contributed by atoms with Crippen LogP contribution in [0, 0.1) is 0 Å². The van der Waals surface area contributed by atoms with Crippen molar-refractivity contribution in [1.82, 2.24) is 14.3 Å². The van der Waals surface area contributed by atoms with Crippen molar-refractivity contribution in [2.45, 2.75) is 58.0 Å². The van der Waals surface area contributed by atoms with Gasteiger partial charge in [0.1, 0.15) is 29.5 Å². The molecule has 2 aromatic heterocycles. The topological polar surface area (TPSA) is 95.2 Å². The molecular formula is C46H49N3O7. The second-order valence-corrected chi connectivity index (χ2v) is 14.3. The molecule has 0 saturated carbocycles. The average molecular weight is 756 g/mol. The van der Waals surface area contributed by atoms with Crippen LogP contribution >= 0.6 is 0 Å². The SMILES string of the molecule is CCOC(=O)c1c(CCCOc2cccc3ccccc23)c2cccc3c2n1C/C=C\COCc1c-3c(COc2ccc(C3(OC)CCOCC3)cc2)nn1C. The third-order valence-electron chi connectivity index (χ3n) is 11.1. The van der Waals surface area contributed by atoms with E-state index in [1.54, 1.807) is 7.11 Å². The van der Waals surface area contributed by atoms with Crippen LogP contribution in [0.5, 0.6) is 11.5 Å². The summed E-state index contributed by atoms with van der Waals surface area (Å²) in [5.74, 6) is 1.25. The third-order valence-corrected chi connectivity index (χ3v) is 11.1. The average Bonchev–Trinajstić information content (AvgIpc) is 3.72. The summed E-state index contributed by atoms with van der Waals surface area (Å²) in [6, 6.07) is 28.8. The van der Waals surface area contributed by atoms with E-state index in [2.05, 4.69) is 59.2 Å². The van der Waals surface area contributed by atoms with E-state index in [9.17, 15) is 4.79 Å². The monoisotopic (exact) mass is 755 g/mol. The van der Waals surface area contributed by atoms with Gasteiger partial charge >= 0.3 is 5.97 Å². The van der Waals surface area contributed by atoms with Crippen LogP contribution in [0.1, 0.15) is 59.2 Å². The molecule has 4 aromatic carbocycles. The zero-order chi connectivity index (χ0) is 38.5. The fourth-order valence-corrected chi connectivity index (χ4v) is 8.29. The minimum atomic E-state index is -0.350. The van der Waals surface area contributed by atoms with E-state index >= 15 is 0 Å². The maximum atomic E-state index is 13.9. The van der Waals surface area contributed by atoms with Gasteiger partial charge in [0.2, 0.25) is 0 Å². The van der Waals surface area contributed by atoms with Crippen molar-refractivity contribution in [3.8, 4) is 22.6 Å². The largest absolute Gasteiger partial charge is 0.493 e. The molecule has 0 aliphatic carbocycles. The minimum absolute atomic E-state index is 0.240. The summed E-state index contributed by atoms with van der Waals surface area (Å²) in [7, 11) is 3.72. The number of aromatic nitrogens is 3. The molecule has 10 nitrogen and oxygen atoms in total. The molecule has 4 heterocycles. The Morgan fingerprint density at radius 3 is 2.50 bits per heavy atom. The quantitative estimate of drug-likeness (QED) is 0.0696. The number of hydrogen-bond acceptors (Lipinski definition) is 8. The van der Waals surface area contributed by atoms with Crippen LogP contribution in [0.25, 0.3) is 32.8 Å². The summed E-state index contributed by atoms with van der Waals surface area (Å²) in [5, 5.41) is 8.22. The predicted octanol–water partition coefficient (Wildman–Crippen LogP) is 8.70. The highest BCUT2D eigenvalue weighted by atomic mass is 16.5. The van der Waals surface area contributed by atoms with Crippen LogP contribution in [0.3, 0.4) is 0 Å². The molecule has 0 bridgehead atoms. The smallest absolute Gasteiger partial charge is 0.355 e. The van der Waals surface area contributed by atoms with Gasteiger partial charge < -0.3 is 33.0 Å².